The van der Waals surface area contributed by atoms with E-state index in [0.29, 0.717) is 0 Å². The molecule has 0 atom stereocenters. The van der Waals surface area contributed by atoms with Crippen LogP contribution in [-0.2, 0) is 4.79 Å². The number of amides is 2. The van der Waals surface area contributed by atoms with Gasteiger partial charge in [-0.05, 0) is 18.2 Å². The van der Waals surface area contributed by atoms with Crippen LogP contribution < -0.4 is 10.7 Å². The molecule has 2 rings (SSSR count). The molecule has 20 heavy (non-hydrogen) atoms. The molecule has 2 aromatic heterocycles. The lowest BCUT2D eigenvalue weighted by molar-refractivity contribution is -0.120. The van der Waals surface area contributed by atoms with Crippen molar-refractivity contribution in [2.75, 3.05) is 6.54 Å². The normalized spacial score (nSPS) is 10.4. The fourth-order valence-corrected chi connectivity index (χ4v) is 1.33. The smallest absolute Gasteiger partial charge is 0.287 e. The van der Waals surface area contributed by atoms with Gasteiger partial charge in [0.1, 0.15) is 0 Å². The summed E-state index contributed by atoms with van der Waals surface area (Å²) in [5.41, 5.74) is 3.05. The van der Waals surface area contributed by atoms with Gasteiger partial charge in [0.2, 0.25) is 0 Å². The van der Waals surface area contributed by atoms with Crippen LogP contribution in [0.25, 0.3) is 0 Å². The molecular weight excluding hydrogens is 260 g/mol. The minimum absolute atomic E-state index is 0.150. The van der Waals surface area contributed by atoms with E-state index in [1.165, 1.54) is 18.5 Å². The van der Waals surface area contributed by atoms with E-state index in [1.54, 1.807) is 30.6 Å². The Morgan fingerprint density at radius 2 is 2.25 bits per heavy atom. The van der Waals surface area contributed by atoms with Crippen molar-refractivity contribution in [3.63, 3.8) is 0 Å². The molecule has 0 radical (unpaired) electrons. The molecule has 2 aromatic rings. The molecule has 0 saturated carbocycles. The number of rotatable bonds is 5. The highest BCUT2D eigenvalue weighted by Gasteiger charge is 2.09. The van der Waals surface area contributed by atoms with Crippen LogP contribution in [0.4, 0.5) is 0 Å². The number of carbonyl (C=O) groups is 2. The zero-order valence-electron chi connectivity index (χ0n) is 10.4. The van der Waals surface area contributed by atoms with Crippen LogP contribution in [-0.4, -0.2) is 29.6 Å². The monoisotopic (exact) mass is 272 g/mol. The maximum absolute atomic E-state index is 11.5. The lowest BCUT2D eigenvalue weighted by atomic mass is 10.3. The summed E-state index contributed by atoms with van der Waals surface area (Å²) in [5.74, 6) is -0.747. The topological polar surface area (TPSA) is 96.6 Å². The van der Waals surface area contributed by atoms with Gasteiger partial charge in [0.15, 0.2) is 5.76 Å². The van der Waals surface area contributed by atoms with Crippen LogP contribution in [0.5, 0.6) is 0 Å². The molecule has 0 aromatic carbocycles. The first-order valence-electron chi connectivity index (χ1n) is 5.79. The molecule has 0 aliphatic heterocycles. The summed E-state index contributed by atoms with van der Waals surface area (Å²) in [5, 5.41) is 6.15. The van der Waals surface area contributed by atoms with Gasteiger partial charge in [0.05, 0.1) is 19.0 Å². The van der Waals surface area contributed by atoms with Crippen molar-refractivity contribution in [2.24, 2.45) is 5.10 Å². The summed E-state index contributed by atoms with van der Waals surface area (Å²) in [4.78, 5) is 26.8. The van der Waals surface area contributed by atoms with Gasteiger partial charge in [-0.1, -0.05) is 6.07 Å². The van der Waals surface area contributed by atoms with Gasteiger partial charge in [-0.3, -0.25) is 14.6 Å². The number of furan rings is 1. The molecule has 0 fully saturated rings. The predicted molar refractivity (Wildman–Crippen MR) is 71.0 cm³/mol. The highest BCUT2D eigenvalue weighted by atomic mass is 16.3. The van der Waals surface area contributed by atoms with Gasteiger partial charge in [-0.25, -0.2) is 5.43 Å². The molecule has 2 amide bonds. The van der Waals surface area contributed by atoms with Crippen LogP contribution in [0, 0.1) is 0 Å². The number of aromatic nitrogens is 1. The van der Waals surface area contributed by atoms with Crippen LogP contribution in [0.3, 0.4) is 0 Å². The van der Waals surface area contributed by atoms with E-state index in [9.17, 15) is 9.59 Å². The van der Waals surface area contributed by atoms with Gasteiger partial charge in [-0.2, -0.15) is 5.10 Å². The maximum Gasteiger partial charge on any atom is 0.287 e. The third-order valence-electron chi connectivity index (χ3n) is 2.24. The third kappa shape index (κ3) is 4.05. The molecular formula is C13H12N4O3. The Morgan fingerprint density at radius 3 is 2.95 bits per heavy atom. The Labute approximate surface area is 114 Å². The molecule has 0 bridgehead atoms. The van der Waals surface area contributed by atoms with Crippen LogP contribution in [0.15, 0.2) is 52.4 Å². The predicted octanol–water partition coefficient (Wildman–Crippen LogP) is 0.555. The van der Waals surface area contributed by atoms with E-state index < -0.39 is 11.8 Å². The Morgan fingerprint density at radius 1 is 1.35 bits per heavy atom. The van der Waals surface area contributed by atoms with E-state index in [0.717, 1.165) is 5.56 Å². The van der Waals surface area contributed by atoms with Crippen LogP contribution in [0.2, 0.25) is 0 Å². The zero-order valence-corrected chi connectivity index (χ0v) is 10.4. The van der Waals surface area contributed by atoms with E-state index in [4.69, 9.17) is 4.42 Å². The Balaban J connectivity index is 1.73. The SMILES string of the molecule is O=C(CNC(=O)c1ccco1)N/N=C\c1cccnc1. The summed E-state index contributed by atoms with van der Waals surface area (Å²) in [7, 11) is 0. The molecule has 7 nitrogen and oxygen atoms in total. The fraction of sp³-hybridized carbons (Fsp3) is 0.0769. The van der Waals surface area contributed by atoms with Crippen molar-refractivity contribution in [3.8, 4) is 0 Å². The summed E-state index contributed by atoms with van der Waals surface area (Å²) in [6.45, 7) is -0.191. The average Bonchev–Trinajstić information content (AvgIpc) is 3.00. The number of hydrogen-bond donors (Lipinski definition) is 2. The van der Waals surface area contributed by atoms with E-state index >= 15 is 0 Å². The second-order valence-electron chi connectivity index (χ2n) is 3.74. The minimum Gasteiger partial charge on any atom is -0.459 e. The molecule has 2 N–H and O–H groups in total. The summed E-state index contributed by atoms with van der Waals surface area (Å²) in [6, 6.07) is 6.65. The summed E-state index contributed by atoms with van der Waals surface area (Å²) in [6.07, 6.45) is 6.08. The average molecular weight is 272 g/mol. The second-order valence-corrected chi connectivity index (χ2v) is 3.74. The van der Waals surface area contributed by atoms with E-state index in [-0.39, 0.29) is 12.3 Å². The molecule has 102 valence electrons. The molecule has 0 saturated heterocycles. The summed E-state index contributed by atoms with van der Waals surface area (Å²) < 4.78 is 4.89. The number of hydrazone groups is 1. The Kier molecular flexibility index (Phi) is 4.60. The van der Waals surface area contributed by atoms with Crippen molar-refractivity contribution in [1.29, 1.82) is 0 Å². The third-order valence-corrected chi connectivity index (χ3v) is 2.24. The van der Waals surface area contributed by atoms with Crippen molar-refractivity contribution < 1.29 is 14.0 Å². The molecule has 7 heteroatoms. The number of hydrogen-bond acceptors (Lipinski definition) is 5. The largest absolute Gasteiger partial charge is 0.459 e. The zero-order chi connectivity index (χ0) is 14.2. The van der Waals surface area contributed by atoms with E-state index in [1.807, 2.05) is 0 Å². The number of pyridine rings is 1. The van der Waals surface area contributed by atoms with E-state index in [2.05, 4.69) is 20.8 Å². The van der Waals surface area contributed by atoms with Crippen molar-refractivity contribution in [1.82, 2.24) is 15.7 Å². The van der Waals surface area contributed by atoms with Crippen LogP contribution >= 0.6 is 0 Å². The quantitative estimate of drug-likeness (QED) is 0.613. The first kappa shape index (κ1) is 13.5. The number of nitrogens with one attached hydrogen (secondary N) is 2. The standard InChI is InChI=1S/C13H12N4O3/c18-12(9-15-13(19)11-4-2-6-20-11)17-16-8-10-3-1-5-14-7-10/h1-8H,9H2,(H,15,19)(H,17,18)/b16-8-. The van der Waals surface area contributed by atoms with Gasteiger partial charge in [0.25, 0.3) is 11.8 Å². The highest BCUT2D eigenvalue weighted by molar-refractivity contribution is 5.94. The first-order valence-corrected chi connectivity index (χ1v) is 5.79. The lowest BCUT2D eigenvalue weighted by Crippen LogP contribution is -2.34. The van der Waals surface area contributed by atoms with Gasteiger partial charge in [0, 0.05) is 18.0 Å². The molecule has 2 heterocycles. The fourth-order valence-electron chi connectivity index (χ4n) is 1.33. The van der Waals surface area contributed by atoms with Crippen molar-refractivity contribution in [2.45, 2.75) is 0 Å². The van der Waals surface area contributed by atoms with Gasteiger partial charge < -0.3 is 9.73 Å². The van der Waals surface area contributed by atoms with Gasteiger partial charge in [-0.15, -0.1) is 0 Å². The molecule has 0 unspecified atom stereocenters. The molecule has 0 aliphatic carbocycles. The van der Waals surface area contributed by atoms with Crippen molar-refractivity contribution >= 4 is 18.0 Å². The Hall–Kier alpha value is -2.96. The van der Waals surface area contributed by atoms with Crippen molar-refractivity contribution in [3.05, 3.63) is 54.2 Å². The second kappa shape index (κ2) is 6.83. The number of carbonyl (C=O) groups excluding carboxylic acids is 2. The first-order chi connectivity index (χ1) is 9.75. The van der Waals surface area contributed by atoms with Gasteiger partial charge >= 0.3 is 0 Å². The maximum atomic E-state index is 11.5. The molecule has 0 spiro atoms. The highest BCUT2D eigenvalue weighted by Crippen LogP contribution is 1.98. The molecule has 0 aliphatic rings. The lowest BCUT2D eigenvalue weighted by Gasteiger charge is -2.01. The van der Waals surface area contributed by atoms with Crippen LogP contribution in [0.1, 0.15) is 16.1 Å². The Bertz CT molecular complexity index is 593. The summed E-state index contributed by atoms with van der Waals surface area (Å²) >= 11 is 0. The number of nitrogens with zero attached hydrogens (tertiary/aromatic N) is 2. The minimum atomic E-state index is -0.457.